The fraction of sp³-hybridized carbons (Fsp3) is 0.500. The molecule has 0 N–H and O–H groups in total. The van der Waals surface area contributed by atoms with Crippen LogP contribution in [0.2, 0.25) is 5.15 Å². The smallest absolute Gasteiger partial charge is 0.181 e. The summed E-state index contributed by atoms with van der Waals surface area (Å²) in [7, 11) is -3.29. The number of hydrogen-bond acceptors (Lipinski definition) is 3. The largest absolute Gasteiger partial charge is 0.240 e. The predicted octanol–water partition coefficient (Wildman–Crippen LogP) is 2.45. The molecule has 0 aliphatic heterocycles. The molecule has 0 fully saturated rings. The molecule has 0 aliphatic carbocycles. The average Bonchev–Trinajstić information content (AvgIpc) is 2.14. The van der Waals surface area contributed by atoms with Gasteiger partial charge in [-0.1, -0.05) is 18.5 Å². The average molecular weight is 248 g/mol. The number of halogens is 1. The minimum absolute atomic E-state index is 0.0394. The van der Waals surface area contributed by atoms with Gasteiger partial charge in [0.25, 0.3) is 0 Å². The third kappa shape index (κ3) is 2.16. The van der Waals surface area contributed by atoms with Crippen molar-refractivity contribution >= 4 is 21.4 Å². The molecule has 0 aromatic carbocycles. The molecular weight excluding hydrogens is 234 g/mol. The third-order valence-corrected chi connectivity index (χ3v) is 4.86. The van der Waals surface area contributed by atoms with E-state index in [1.54, 1.807) is 13.8 Å². The Morgan fingerprint density at radius 2 is 1.73 bits per heavy atom. The number of aryl methyl sites for hydroxylation is 1. The van der Waals surface area contributed by atoms with Gasteiger partial charge in [0, 0.05) is 5.69 Å². The highest BCUT2D eigenvalue weighted by Gasteiger charge is 2.21. The monoisotopic (exact) mass is 247 g/mol. The fourth-order valence-electron chi connectivity index (χ4n) is 1.38. The molecule has 0 unspecified atom stereocenters. The van der Waals surface area contributed by atoms with Crippen molar-refractivity contribution < 1.29 is 8.42 Å². The van der Waals surface area contributed by atoms with E-state index < -0.39 is 9.84 Å². The van der Waals surface area contributed by atoms with Crippen molar-refractivity contribution in [2.24, 2.45) is 0 Å². The minimum atomic E-state index is -3.29. The first kappa shape index (κ1) is 12.5. The van der Waals surface area contributed by atoms with Gasteiger partial charge in [0.1, 0.15) is 10.0 Å². The quantitative estimate of drug-likeness (QED) is 0.755. The summed E-state index contributed by atoms with van der Waals surface area (Å²) in [6, 6.07) is 0. The Hall–Kier alpha value is -0.610. The van der Waals surface area contributed by atoms with Crippen LogP contribution < -0.4 is 0 Å². The summed E-state index contributed by atoms with van der Waals surface area (Å²) in [5.74, 6) is 0.0394. The topological polar surface area (TPSA) is 47.0 Å². The van der Waals surface area contributed by atoms with E-state index in [9.17, 15) is 8.42 Å². The van der Waals surface area contributed by atoms with E-state index in [1.807, 2.05) is 13.8 Å². The summed E-state index contributed by atoms with van der Waals surface area (Å²) < 4.78 is 23.6. The Bertz CT molecular complexity index is 495. The van der Waals surface area contributed by atoms with Crippen molar-refractivity contribution in [3.63, 3.8) is 0 Å². The summed E-state index contributed by atoms with van der Waals surface area (Å²) in [5, 5.41) is 0.0810. The molecule has 0 spiro atoms. The molecule has 3 nitrogen and oxygen atoms in total. The zero-order chi connectivity index (χ0) is 11.8. The highest BCUT2D eigenvalue weighted by atomic mass is 35.5. The highest BCUT2D eigenvalue weighted by molar-refractivity contribution is 7.91. The molecular formula is C10H14ClNO2S. The minimum Gasteiger partial charge on any atom is -0.240 e. The van der Waals surface area contributed by atoms with Crippen molar-refractivity contribution in [1.82, 2.24) is 4.98 Å². The Labute approximate surface area is 95.4 Å². The maximum absolute atomic E-state index is 11.8. The first-order valence-corrected chi connectivity index (χ1v) is 6.70. The molecule has 1 aromatic heterocycles. The number of nitrogens with zero attached hydrogens (tertiary/aromatic N) is 1. The standard InChI is InChI=1S/C10H14ClNO2S/c1-5-15(13,14)9-7(3)6(2)8(4)12-10(9)11/h5H2,1-4H3. The van der Waals surface area contributed by atoms with Crippen LogP contribution in [0.3, 0.4) is 0 Å². The molecule has 1 aromatic rings. The summed E-state index contributed by atoms with van der Waals surface area (Å²) in [6.07, 6.45) is 0. The predicted molar refractivity (Wildman–Crippen MR) is 61.2 cm³/mol. The molecule has 0 aliphatic rings. The van der Waals surface area contributed by atoms with Gasteiger partial charge in [-0.2, -0.15) is 0 Å². The third-order valence-electron chi connectivity index (χ3n) is 2.59. The van der Waals surface area contributed by atoms with Gasteiger partial charge < -0.3 is 0 Å². The number of hydrogen-bond donors (Lipinski definition) is 0. The molecule has 0 saturated heterocycles. The van der Waals surface area contributed by atoms with E-state index in [2.05, 4.69) is 4.98 Å². The molecule has 15 heavy (non-hydrogen) atoms. The van der Waals surface area contributed by atoms with Crippen molar-refractivity contribution in [2.75, 3.05) is 5.75 Å². The molecule has 0 amide bonds. The lowest BCUT2D eigenvalue weighted by molar-refractivity contribution is 0.596. The van der Waals surface area contributed by atoms with Crippen LogP contribution in [-0.2, 0) is 9.84 Å². The van der Waals surface area contributed by atoms with Crippen LogP contribution in [0.4, 0.5) is 0 Å². The van der Waals surface area contributed by atoms with Crippen LogP contribution >= 0.6 is 11.6 Å². The van der Waals surface area contributed by atoms with Gasteiger partial charge in [0.05, 0.1) is 5.75 Å². The van der Waals surface area contributed by atoms with Crippen LogP contribution in [0.15, 0.2) is 4.90 Å². The van der Waals surface area contributed by atoms with E-state index in [0.717, 1.165) is 11.3 Å². The van der Waals surface area contributed by atoms with Gasteiger partial charge in [0.15, 0.2) is 9.84 Å². The summed E-state index contributed by atoms with van der Waals surface area (Å²) in [4.78, 5) is 4.21. The zero-order valence-corrected chi connectivity index (χ0v) is 10.8. The van der Waals surface area contributed by atoms with Crippen molar-refractivity contribution in [3.05, 3.63) is 22.0 Å². The SMILES string of the molecule is CCS(=O)(=O)c1c(Cl)nc(C)c(C)c1C. The van der Waals surface area contributed by atoms with Gasteiger partial charge in [-0.3, -0.25) is 0 Å². The number of sulfone groups is 1. The first-order valence-electron chi connectivity index (χ1n) is 4.67. The summed E-state index contributed by atoms with van der Waals surface area (Å²) >= 11 is 5.88. The van der Waals surface area contributed by atoms with E-state index in [0.29, 0.717) is 5.56 Å². The molecule has 84 valence electrons. The van der Waals surface area contributed by atoms with Crippen molar-refractivity contribution in [2.45, 2.75) is 32.6 Å². The Morgan fingerprint density at radius 1 is 1.20 bits per heavy atom. The van der Waals surface area contributed by atoms with Crippen LogP contribution in [0.5, 0.6) is 0 Å². The maximum Gasteiger partial charge on any atom is 0.181 e. The van der Waals surface area contributed by atoms with Gasteiger partial charge in [-0.05, 0) is 31.9 Å². The molecule has 0 saturated carbocycles. The Balaban J connectivity index is 3.65. The van der Waals surface area contributed by atoms with Gasteiger partial charge in [0.2, 0.25) is 0 Å². The maximum atomic E-state index is 11.8. The summed E-state index contributed by atoms with van der Waals surface area (Å²) in [6.45, 7) is 7.03. The van der Waals surface area contributed by atoms with Gasteiger partial charge in [-0.15, -0.1) is 0 Å². The van der Waals surface area contributed by atoms with Gasteiger partial charge >= 0.3 is 0 Å². The van der Waals surface area contributed by atoms with Crippen molar-refractivity contribution in [1.29, 1.82) is 0 Å². The Kier molecular flexibility index (Phi) is 3.41. The highest BCUT2D eigenvalue weighted by Crippen LogP contribution is 2.27. The second kappa shape index (κ2) is 4.10. The molecule has 1 rings (SSSR count). The van der Waals surface area contributed by atoms with E-state index in [4.69, 9.17) is 11.6 Å². The number of aromatic nitrogens is 1. The second-order valence-corrected chi connectivity index (χ2v) is 6.04. The van der Waals surface area contributed by atoms with Crippen LogP contribution in [-0.4, -0.2) is 19.2 Å². The summed E-state index contributed by atoms with van der Waals surface area (Å²) in [5.41, 5.74) is 2.35. The zero-order valence-electron chi connectivity index (χ0n) is 9.26. The lowest BCUT2D eigenvalue weighted by atomic mass is 10.1. The van der Waals surface area contributed by atoms with E-state index >= 15 is 0 Å². The van der Waals surface area contributed by atoms with Crippen LogP contribution in [0, 0.1) is 20.8 Å². The lowest BCUT2D eigenvalue weighted by Crippen LogP contribution is -2.10. The number of rotatable bonds is 2. The molecule has 5 heteroatoms. The van der Waals surface area contributed by atoms with Crippen LogP contribution in [0.1, 0.15) is 23.7 Å². The van der Waals surface area contributed by atoms with Gasteiger partial charge in [-0.25, -0.2) is 13.4 Å². The molecule has 0 atom stereocenters. The Morgan fingerprint density at radius 3 is 2.20 bits per heavy atom. The number of pyridine rings is 1. The fourth-order valence-corrected chi connectivity index (χ4v) is 3.22. The molecule has 1 heterocycles. The van der Waals surface area contributed by atoms with E-state index in [1.165, 1.54) is 0 Å². The normalized spacial score (nSPS) is 11.8. The van der Waals surface area contributed by atoms with E-state index in [-0.39, 0.29) is 15.8 Å². The second-order valence-electron chi connectivity index (χ2n) is 3.47. The lowest BCUT2D eigenvalue weighted by Gasteiger charge is -2.12. The van der Waals surface area contributed by atoms with Crippen LogP contribution in [0.25, 0.3) is 0 Å². The first-order chi connectivity index (χ1) is 6.81. The van der Waals surface area contributed by atoms with Crippen molar-refractivity contribution in [3.8, 4) is 0 Å². The molecule has 0 bridgehead atoms. The molecule has 0 radical (unpaired) electrons.